The smallest absolute Gasteiger partial charge is 0.330 e. The second-order valence-corrected chi connectivity index (χ2v) is 7.23. The maximum atomic E-state index is 12.8. The van der Waals surface area contributed by atoms with Crippen LogP contribution < -0.4 is 15.2 Å². The predicted molar refractivity (Wildman–Crippen MR) is 126 cm³/mol. The Morgan fingerprint density at radius 2 is 1.67 bits per heavy atom. The number of hydrogen-bond acceptors (Lipinski definition) is 5. The van der Waals surface area contributed by atoms with Crippen LogP contribution in [-0.4, -0.2) is 34.7 Å². The molecular formula is C26H22N2O5. The summed E-state index contributed by atoms with van der Waals surface area (Å²) in [5, 5.41) is 10.0. The van der Waals surface area contributed by atoms with Gasteiger partial charge in [-0.25, -0.2) is 4.79 Å². The van der Waals surface area contributed by atoms with Gasteiger partial charge in [-0.2, -0.15) is 0 Å². The van der Waals surface area contributed by atoms with Crippen molar-refractivity contribution in [1.29, 1.82) is 0 Å². The summed E-state index contributed by atoms with van der Waals surface area (Å²) < 4.78 is 11.8. The number of phenolic OH excluding ortho intramolecular Hbond substituents is 1. The van der Waals surface area contributed by atoms with Crippen molar-refractivity contribution in [3.05, 3.63) is 101 Å². The van der Waals surface area contributed by atoms with E-state index >= 15 is 0 Å². The Labute approximate surface area is 190 Å². The Kier molecular flexibility index (Phi) is 6.13. The third-order valence-electron chi connectivity index (χ3n) is 5.14. The largest absolute Gasteiger partial charge is 0.502 e. The number of ketones is 1. The van der Waals surface area contributed by atoms with E-state index in [0.717, 1.165) is 5.56 Å². The Balaban J connectivity index is 1.61. The molecule has 0 bridgehead atoms. The van der Waals surface area contributed by atoms with Crippen molar-refractivity contribution in [1.82, 2.24) is 9.55 Å². The van der Waals surface area contributed by atoms with Gasteiger partial charge in [-0.05, 0) is 41.5 Å². The van der Waals surface area contributed by atoms with Crippen molar-refractivity contribution in [2.24, 2.45) is 0 Å². The zero-order chi connectivity index (χ0) is 23.4. The third-order valence-corrected chi connectivity index (χ3v) is 5.14. The van der Waals surface area contributed by atoms with E-state index < -0.39 is 0 Å². The van der Waals surface area contributed by atoms with Gasteiger partial charge in [0, 0.05) is 11.8 Å². The highest BCUT2D eigenvalue weighted by Crippen LogP contribution is 2.37. The first kappa shape index (κ1) is 21.7. The fourth-order valence-corrected chi connectivity index (χ4v) is 3.44. The van der Waals surface area contributed by atoms with Gasteiger partial charge in [0.15, 0.2) is 17.3 Å². The fraction of sp³-hybridized carbons (Fsp3) is 0.0769. The van der Waals surface area contributed by atoms with Gasteiger partial charge in [0.2, 0.25) is 5.75 Å². The topological polar surface area (TPSA) is 93.6 Å². The lowest BCUT2D eigenvalue weighted by molar-refractivity contribution is 0.104. The van der Waals surface area contributed by atoms with Gasteiger partial charge in [-0.1, -0.05) is 48.5 Å². The SMILES string of the molecule is COc1cc(/C=C/C(=O)c2cccc(-n3cc(-c4ccccc4)[nH]c3=O)c2)cc(OC)c1O. The lowest BCUT2D eigenvalue weighted by atomic mass is 10.1. The van der Waals surface area contributed by atoms with E-state index in [-0.39, 0.29) is 28.7 Å². The third kappa shape index (κ3) is 4.57. The van der Waals surface area contributed by atoms with Gasteiger partial charge >= 0.3 is 5.69 Å². The second-order valence-electron chi connectivity index (χ2n) is 7.23. The van der Waals surface area contributed by atoms with Crippen molar-refractivity contribution >= 4 is 11.9 Å². The molecule has 1 aromatic heterocycles. The van der Waals surface area contributed by atoms with Crippen molar-refractivity contribution in [2.75, 3.05) is 14.2 Å². The molecule has 0 aliphatic carbocycles. The predicted octanol–water partition coefficient (Wildman–Crippen LogP) is 4.45. The summed E-state index contributed by atoms with van der Waals surface area (Å²) >= 11 is 0. The van der Waals surface area contributed by atoms with Crippen LogP contribution in [0.4, 0.5) is 0 Å². The van der Waals surface area contributed by atoms with E-state index in [1.165, 1.54) is 24.9 Å². The number of nitrogens with zero attached hydrogens (tertiary/aromatic N) is 1. The maximum absolute atomic E-state index is 12.8. The number of benzene rings is 3. The van der Waals surface area contributed by atoms with Crippen LogP contribution in [0.1, 0.15) is 15.9 Å². The number of H-pyrrole nitrogens is 1. The van der Waals surface area contributed by atoms with Gasteiger partial charge < -0.3 is 19.6 Å². The second kappa shape index (κ2) is 9.32. The molecule has 0 radical (unpaired) electrons. The molecule has 0 amide bonds. The molecule has 33 heavy (non-hydrogen) atoms. The summed E-state index contributed by atoms with van der Waals surface area (Å²) in [7, 11) is 2.87. The van der Waals surface area contributed by atoms with E-state index in [0.29, 0.717) is 22.5 Å². The van der Waals surface area contributed by atoms with Gasteiger partial charge in [0.05, 0.1) is 25.6 Å². The number of allylic oxidation sites excluding steroid dienone is 1. The molecule has 1 heterocycles. The summed E-state index contributed by atoms with van der Waals surface area (Å²) in [6, 6.07) is 19.6. The first-order valence-electron chi connectivity index (χ1n) is 10.1. The minimum atomic E-state index is -0.294. The van der Waals surface area contributed by atoms with Crippen LogP contribution in [0.5, 0.6) is 17.2 Å². The van der Waals surface area contributed by atoms with Crippen LogP contribution in [0.2, 0.25) is 0 Å². The lowest BCUT2D eigenvalue weighted by Gasteiger charge is -2.09. The van der Waals surface area contributed by atoms with Crippen LogP contribution in [-0.2, 0) is 0 Å². The van der Waals surface area contributed by atoms with Crippen LogP contribution in [0, 0.1) is 0 Å². The zero-order valence-corrected chi connectivity index (χ0v) is 18.1. The van der Waals surface area contributed by atoms with Crippen molar-refractivity contribution in [2.45, 2.75) is 0 Å². The minimum absolute atomic E-state index is 0.108. The number of carbonyl (C=O) groups is 1. The van der Waals surface area contributed by atoms with Crippen molar-refractivity contribution in [3.8, 4) is 34.2 Å². The molecule has 0 fully saturated rings. The van der Waals surface area contributed by atoms with Crippen LogP contribution >= 0.6 is 0 Å². The summed E-state index contributed by atoms with van der Waals surface area (Å²) in [4.78, 5) is 28.2. The standard InChI is InChI=1S/C26H22N2O5/c1-32-23-13-17(14-24(33-2)25(23)30)11-12-22(29)19-9-6-10-20(15-19)28-16-21(27-26(28)31)18-7-4-3-5-8-18/h3-16,30H,1-2H3,(H,27,31)/b12-11+. The number of ether oxygens (including phenoxy) is 2. The van der Waals surface area contributed by atoms with Gasteiger partial charge in [-0.15, -0.1) is 0 Å². The number of nitrogens with one attached hydrogen (secondary N) is 1. The number of hydrogen-bond donors (Lipinski definition) is 2. The monoisotopic (exact) mass is 442 g/mol. The van der Waals surface area contributed by atoms with Gasteiger partial charge in [-0.3, -0.25) is 9.36 Å². The molecule has 0 aliphatic heterocycles. The molecule has 0 spiro atoms. The Bertz CT molecular complexity index is 1360. The van der Waals surface area contributed by atoms with Gasteiger partial charge in [0.1, 0.15) is 0 Å². The quantitative estimate of drug-likeness (QED) is 0.326. The number of carbonyl (C=O) groups excluding carboxylic acids is 1. The number of methoxy groups -OCH3 is 2. The van der Waals surface area contributed by atoms with E-state index in [4.69, 9.17) is 9.47 Å². The summed E-state index contributed by atoms with van der Waals surface area (Å²) in [6.45, 7) is 0. The fourth-order valence-electron chi connectivity index (χ4n) is 3.44. The Morgan fingerprint density at radius 1 is 0.970 bits per heavy atom. The maximum Gasteiger partial charge on any atom is 0.330 e. The first-order chi connectivity index (χ1) is 16.0. The number of imidazole rings is 1. The molecule has 0 aliphatic rings. The average Bonchev–Trinajstić information content (AvgIpc) is 3.25. The molecular weight excluding hydrogens is 420 g/mol. The number of rotatable bonds is 7. The van der Waals surface area contributed by atoms with E-state index in [1.807, 2.05) is 30.3 Å². The van der Waals surface area contributed by atoms with Crippen molar-refractivity contribution in [3.63, 3.8) is 0 Å². The molecule has 7 nitrogen and oxygen atoms in total. The molecule has 2 N–H and O–H groups in total. The number of aromatic hydroxyl groups is 1. The number of aromatic amines is 1. The minimum Gasteiger partial charge on any atom is -0.502 e. The summed E-state index contributed by atoms with van der Waals surface area (Å²) in [5.41, 5.74) is 2.91. The number of phenols is 1. The highest BCUT2D eigenvalue weighted by Gasteiger charge is 2.12. The van der Waals surface area contributed by atoms with E-state index in [1.54, 1.807) is 48.7 Å². The van der Waals surface area contributed by atoms with Crippen LogP contribution in [0.15, 0.2) is 83.8 Å². The molecule has 3 aromatic carbocycles. The van der Waals surface area contributed by atoms with Crippen LogP contribution in [0.25, 0.3) is 23.0 Å². The highest BCUT2D eigenvalue weighted by atomic mass is 16.5. The lowest BCUT2D eigenvalue weighted by Crippen LogP contribution is -2.14. The van der Waals surface area contributed by atoms with Crippen LogP contribution in [0.3, 0.4) is 0 Å². The average molecular weight is 442 g/mol. The van der Waals surface area contributed by atoms with Gasteiger partial charge in [0.25, 0.3) is 0 Å². The first-order valence-corrected chi connectivity index (χ1v) is 10.1. The molecule has 4 aromatic rings. The summed E-state index contributed by atoms with van der Waals surface area (Å²) in [6.07, 6.45) is 4.74. The molecule has 0 unspecified atom stereocenters. The molecule has 0 atom stereocenters. The molecule has 7 heteroatoms. The highest BCUT2D eigenvalue weighted by molar-refractivity contribution is 6.07. The zero-order valence-electron chi connectivity index (χ0n) is 18.1. The molecule has 4 rings (SSSR count). The Morgan fingerprint density at radius 3 is 2.33 bits per heavy atom. The van der Waals surface area contributed by atoms with E-state index in [2.05, 4.69) is 4.98 Å². The van der Waals surface area contributed by atoms with Crippen molar-refractivity contribution < 1.29 is 19.4 Å². The summed E-state index contributed by atoms with van der Waals surface area (Å²) in [5.74, 6) is 0.131. The molecule has 0 saturated carbocycles. The molecule has 0 saturated heterocycles. The number of aromatic nitrogens is 2. The normalized spacial score (nSPS) is 11.0. The Hall–Kier alpha value is -4.52. The van der Waals surface area contributed by atoms with E-state index in [9.17, 15) is 14.7 Å². The molecule has 166 valence electrons.